The van der Waals surface area contributed by atoms with Crippen molar-refractivity contribution in [2.24, 2.45) is 0 Å². The fraction of sp³-hybridized carbons (Fsp3) is 0. The summed E-state index contributed by atoms with van der Waals surface area (Å²) in [7, 11) is -4.64. The van der Waals surface area contributed by atoms with Crippen molar-refractivity contribution < 1.29 is 35.7 Å². The highest BCUT2D eigenvalue weighted by molar-refractivity contribution is 7.45. The third-order valence-electron chi connectivity index (χ3n) is 0. The van der Waals surface area contributed by atoms with E-state index in [-0.39, 0.29) is 16.4 Å². The average molecular weight is 152 g/mol. The second kappa shape index (κ2) is 6.99. The van der Waals surface area contributed by atoms with Crippen LogP contribution < -0.4 is 0 Å². The molecule has 0 bridgehead atoms. The molecule has 9 N–H and O–H groups in total. The quantitative estimate of drug-likeness (QED) is 0.307. The average Bonchev–Trinajstić information content (AvgIpc) is 0.722. The lowest BCUT2D eigenvalue weighted by molar-refractivity contribution is 0.275. The maximum Gasteiger partial charge on any atom is 0.466 e. The summed E-state index contributed by atoms with van der Waals surface area (Å²) in [6.07, 6.45) is 0. The predicted octanol–water partition coefficient (Wildman–Crippen LogP) is -3.40. The van der Waals surface area contributed by atoms with Gasteiger partial charge in [-0.1, -0.05) is 0 Å². The Labute approximate surface area is 44.7 Å². The zero-order valence-corrected chi connectivity index (χ0v) is 4.59. The standard InChI is InChI=1S/H3O4P.3H2O/c1-5(2,3)4;;;/h(H3,1,2,3,4);3*1H2. The van der Waals surface area contributed by atoms with E-state index in [1.54, 1.807) is 0 Å². The summed E-state index contributed by atoms with van der Waals surface area (Å²) in [5, 5.41) is 0. The van der Waals surface area contributed by atoms with Gasteiger partial charge in [-0.2, -0.15) is 0 Å². The molecule has 0 aromatic rings. The molecule has 56 valence electrons. The molecule has 0 rings (SSSR count). The number of hydrogen-bond donors (Lipinski definition) is 3. The summed E-state index contributed by atoms with van der Waals surface area (Å²) in [5.41, 5.74) is 0. The molecule has 0 saturated carbocycles. The van der Waals surface area contributed by atoms with Crippen LogP contribution >= 0.6 is 7.82 Å². The van der Waals surface area contributed by atoms with Crippen LogP contribution in [0.1, 0.15) is 0 Å². The molecule has 0 atom stereocenters. The van der Waals surface area contributed by atoms with Gasteiger partial charge in [0.25, 0.3) is 0 Å². The van der Waals surface area contributed by atoms with Gasteiger partial charge >= 0.3 is 7.82 Å². The maximum atomic E-state index is 8.88. The first-order chi connectivity index (χ1) is 2.00. The first-order valence-electron chi connectivity index (χ1n) is 0.783. The van der Waals surface area contributed by atoms with E-state index in [2.05, 4.69) is 0 Å². The second-order valence-electron chi connectivity index (χ2n) is 0.513. The van der Waals surface area contributed by atoms with Gasteiger partial charge in [-0.05, 0) is 0 Å². The van der Waals surface area contributed by atoms with E-state index in [0.717, 1.165) is 0 Å². The lowest BCUT2D eigenvalue weighted by Crippen LogP contribution is -1.66. The number of phosphoric acid groups is 1. The highest BCUT2D eigenvalue weighted by Crippen LogP contribution is 2.25. The highest BCUT2D eigenvalue weighted by Gasteiger charge is 2.00. The molecule has 0 aromatic heterocycles. The largest absolute Gasteiger partial charge is 0.466 e. The van der Waals surface area contributed by atoms with Crippen LogP contribution in [0.5, 0.6) is 0 Å². The van der Waals surface area contributed by atoms with Gasteiger partial charge in [0.05, 0.1) is 0 Å². The summed E-state index contributed by atoms with van der Waals surface area (Å²) in [6.45, 7) is 0. The van der Waals surface area contributed by atoms with Gasteiger partial charge in [0.1, 0.15) is 0 Å². The fourth-order valence-electron chi connectivity index (χ4n) is 0. The van der Waals surface area contributed by atoms with Crippen LogP contribution in [0.3, 0.4) is 0 Å². The number of hydrogen-bond acceptors (Lipinski definition) is 1. The molecule has 0 fully saturated rings. The van der Waals surface area contributed by atoms with Crippen molar-refractivity contribution in [1.29, 1.82) is 0 Å². The zero-order valence-electron chi connectivity index (χ0n) is 3.70. The van der Waals surface area contributed by atoms with Gasteiger partial charge in [0.2, 0.25) is 0 Å². The van der Waals surface area contributed by atoms with Crippen LogP contribution in [0.4, 0.5) is 0 Å². The van der Waals surface area contributed by atoms with Crippen LogP contribution in [0.2, 0.25) is 0 Å². The van der Waals surface area contributed by atoms with E-state index in [1.807, 2.05) is 0 Å². The van der Waals surface area contributed by atoms with Crippen molar-refractivity contribution >= 4 is 7.82 Å². The fourth-order valence-corrected chi connectivity index (χ4v) is 0. The summed E-state index contributed by atoms with van der Waals surface area (Å²) in [5.74, 6) is 0. The van der Waals surface area contributed by atoms with Crippen LogP contribution in [0.25, 0.3) is 0 Å². The Hall–Kier alpha value is -0.0100. The van der Waals surface area contributed by atoms with E-state index < -0.39 is 7.82 Å². The number of rotatable bonds is 0. The minimum Gasteiger partial charge on any atom is -0.412 e. The molecular formula is H9O7P. The molecule has 0 amide bonds. The van der Waals surface area contributed by atoms with Crippen molar-refractivity contribution in [2.75, 3.05) is 0 Å². The van der Waals surface area contributed by atoms with Crippen LogP contribution in [-0.4, -0.2) is 31.1 Å². The molecule has 0 radical (unpaired) electrons. The smallest absolute Gasteiger partial charge is 0.412 e. The van der Waals surface area contributed by atoms with E-state index in [0.29, 0.717) is 0 Å². The normalized spacial score (nSPS) is 7.38. The van der Waals surface area contributed by atoms with Crippen LogP contribution in [0.15, 0.2) is 0 Å². The van der Waals surface area contributed by atoms with E-state index >= 15 is 0 Å². The Kier molecular flexibility index (Phi) is 21.4. The van der Waals surface area contributed by atoms with E-state index in [4.69, 9.17) is 19.2 Å². The van der Waals surface area contributed by atoms with Crippen molar-refractivity contribution in [1.82, 2.24) is 0 Å². The Morgan fingerprint density at radius 1 is 0.875 bits per heavy atom. The van der Waals surface area contributed by atoms with Crippen LogP contribution in [-0.2, 0) is 4.57 Å². The van der Waals surface area contributed by atoms with Crippen molar-refractivity contribution in [3.05, 3.63) is 0 Å². The topological polar surface area (TPSA) is 172 Å². The summed E-state index contributed by atoms with van der Waals surface area (Å²) in [6, 6.07) is 0. The van der Waals surface area contributed by atoms with Gasteiger partial charge in [0, 0.05) is 0 Å². The molecule has 0 aliphatic carbocycles. The summed E-state index contributed by atoms with van der Waals surface area (Å²) >= 11 is 0. The van der Waals surface area contributed by atoms with E-state index in [9.17, 15) is 0 Å². The third-order valence-corrected chi connectivity index (χ3v) is 0. The zero-order chi connectivity index (χ0) is 4.50. The summed E-state index contributed by atoms with van der Waals surface area (Å²) in [4.78, 5) is 21.6. The molecule has 7 nitrogen and oxygen atoms in total. The molecule has 8 heteroatoms. The molecular weight excluding hydrogens is 143 g/mol. The molecule has 0 spiro atoms. The molecule has 0 aliphatic heterocycles. The van der Waals surface area contributed by atoms with Gasteiger partial charge in [-0.3, -0.25) is 0 Å². The molecule has 0 aromatic carbocycles. The summed E-state index contributed by atoms with van der Waals surface area (Å²) < 4.78 is 8.88. The SMILES string of the molecule is O.O.O.O=P(O)(O)O. The van der Waals surface area contributed by atoms with Gasteiger partial charge in [-0.25, -0.2) is 4.57 Å². The molecule has 0 saturated heterocycles. The van der Waals surface area contributed by atoms with Crippen LogP contribution in [0, 0.1) is 0 Å². The molecule has 0 aliphatic rings. The molecule has 0 heterocycles. The third kappa shape index (κ3) is 1490000. The minimum atomic E-state index is -4.64. The lowest BCUT2D eigenvalue weighted by atomic mass is 15.8. The predicted molar refractivity (Wildman–Crippen MR) is 25.1 cm³/mol. The molecule has 0 unspecified atom stereocenters. The Balaban J connectivity index is -0.0000000267. The van der Waals surface area contributed by atoms with Gasteiger partial charge < -0.3 is 31.1 Å². The monoisotopic (exact) mass is 152 g/mol. The first kappa shape index (κ1) is 24.5. The highest BCUT2D eigenvalue weighted by atomic mass is 31.2. The lowest BCUT2D eigenvalue weighted by Gasteiger charge is -1.82. The second-order valence-corrected chi connectivity index (χ2v) is 1.54. The van der Waals surface area contributed by atoms with Crippen molar-refractivity contribution in [3.8, 4) is 0 Å². The Morgan fingerprint density at radius 2 is 0.875 bits per heavy atom. The van der Waals surface area contributed by atoms with Crippen molar-refractivity contribution in [3.63, 3.8) is 0 Å². The van der Waals surface area contributed by atoms with Crippen molar-refractivity contribution in [2.45, 2.75) is 0 Å². The molecule has 8 heavy (non-hydrogen) atoms. The Morgan fingerprint density at radius 3 is 0.875 bits per heavy atom. The van der Waals surface area contributed by atoms with Gasteiger partial charge in [0.15, 0.2) is 0 Å². The minimum absolute atomic E-state index is 0. The van der Waals surface area contributed by atoms with E-state index in [1.165, 1.54) is 0 Å². The maximum absolute atomic E-state index is 8.88. The van der Waals surface area contributed by atoms with Gasteiger partial charge in [-0.15, -0.1) is 0 Å². The Bertz CT molecular complexity index is 50.5. The first-order valence-corrected chi connectivity index (χ1v) is 2.35.